The largest absolute Gasteiger partial charge is 0.307 e. The van der Waals surface area contributed by atoms with Crippen LogP contribution in [-0.4, -0.2) is 26.4 Å². The summed E-state index contributed by atoms with van der Waals surface area (Å²) in [6, 6.07) is 0.0758. The maximum atomic E-state index is 4.24. The Morgan fingerprint density at radius 1 is 1.59 bits per heavy atom. The Hall–Kier alpha value is -0.790. The summed E-state index contributed by atoms with van der Waals surface area (Å²) < 4.78 is 6.90. The third-order valence-electron chi connectivity index (χ3n) is 2.68. The molecule has 0 amide bonds. The molecule has 0 fully saturated rings. The molecule has 92 valence electrons. The minimum Gasteiger partial charge on any atom is -0.307 e. The monoisotopic (exact) mass is 315 g/mol. The van der Waals surface area contributed by atoms with E-state index in [9.17, 15) is 0 Å². The van der Waals surface area contributed by atoms with E-state index in [1.807, 2.05) is 18.8 Å². The van der Waals surface area contributed by atoms with Crippen molar-refractivity contribution >= 4 is 27.5 Å². The predicted molar refractivity (Wildman–Crippen MR) is 71.1 cm³/mol. The van der Waals surface area contributed by atoms with Gasteiger partial charge in [-0.2, -0.15) is 5.10 Å². The topological polar surface area (TPSA) is 55.6 Å². The SMILES string of the molecule is CCc1nnsc1C(NC)c1c(Br)cnn1C. The van der Waals surface area contributed by atoms with Crippen LogP contribution in [0.5, 0.6) is 0 Å². The smallest absolute Gasteiger partial charge is 0.0886 e. The zero-order chi connectivity index (χ0) is 12.4. The van der Waals surface area contributed by atoms with E-state index in [0.29, 0.717) is 0 Å². The second kappa shape index (κ2) is 5.24. The molecule has 0 aliphatic carbocycles. The van der Waals surface area contributed by atoms with Crippen LogP contribution < -0.4 is 5.32 Å². The number of nitrogens with zero attached hydrogens (tertiary/aromatic N) is 4. The molecule has 1 unspecified atom stereocenters. The van der Waals surface area contributed by atoms with Gasteiger partial charge in [-0.25, -0.2) is 0 Å². The lowest BCUT2D eigenvalue weighted by Gasteiger charge is -2.16. The van der Waals surface area contributed by atoms with Gasteiger partial charge in [-0.05, 0) is 40.9 Å². The first-order valence-electron chi connectivity index (χ1n) is 5.34. The van der Waals surface area contributed by atoms with Crippen LogP contribution in [-0.2, 0) is 13.5 Å². The van der Waals surface area contributed by atoms with E-state index in [-0.39, 0.29) is 6.04 Å². The Balaban J connectivity index is 2.47. The van der Waals surface area contributed by atoms with E-state index < -0.39 is 0 Å². The minimum atomic E-state index is 0.0758. The molecular formula is C10H14BrN5S. The molecule has 0 aliphatic rings. The highest BCUT2D eigenvalue weighted by atomic mass is 79.9. The molecule has 2 aromatic rings. The van der Waals surface area contributed by atoms with Gasteiger partial charge in [0.05, 0.1) is 33.0 Å². The molecule has 2 heterocycles. The van der Waals surface area contributed by atoms with Crippen molar-refractivity contribution in [2.75, 3.05) is 7.05 Å². The quantitative estimate of drug-likeness (QED) is 0.936. The molecule has 17 heavy (non-hydrogen) atoms. The van der Waals surface area contributed by atoms with Crippen LogP contribution in [0.25, 0.3) is 0 Å². The molecule has 2 aromatic heterocycles. The van der Waals surface area contributed by atoms with E-state index in [1.165, 1.54) is 11.5 Å². The molecule has 0 bridgehead atoms. The highest BCUT2D eigenvalue weighted by Gasteiger charge is 2.23. The molecule has 0 spiro atoms. The number of rotatable bonds is 4. The van der Waals surface area contributed by atoms with Gasteiger partial charge >= 0.3 is 0 Å². The van der Waals surface area contributed by atoms with Gasteiger partial charge in [0.2, 0.25) is 0 Å². The van der Waals surface area contributed by atoms with Crippen molar-refractivity contribution in [1.82, 2.24) is 24.7 Å². The standard InChI is InChI=1S/C10H14BrN5S/c1-4-7-10(17-15-14-7)8(12-2)9-6(11)5-13-16(9)3/h5,8,12H,4H2,1-3H3. The number of nitrogens with one attached hydrogen (secondary N) is 1. The number of aryl methyl sites for hydroxylation is 2. The summed E-state index contributed by atoms with van der Waals surface area (Å²) >= 11 is 4.97. The van der Waals surface area contributed by atoms with E-state index in [1.54, 1.807) is 6.20 Å². The maximum absolute atomic E-state index is 4.24. The summed E-state index contributed by atoms with van der Waals surface area (Å²) in [4.78, 5) is 1.15. The molecule has 0 saturated carbocycles. The summed E-state index contributed by atoms with van der Waals surface area (Å²) in [6.45, 7) is 2.09. The molecule has 2 rings (SSSR count). The van der Waals surface area contributed by atoms with Gasteiger partial charge in [0.25, 0.3) is 0 Å². The molecular weight excluding hydrogens is 302 g/mol. The average molecular weight is 316 g/mol. The first-order valence-corrected chi connectivity index (χ1v) is 6.91. The van der Waals surface area contributed by atoms with Crippen LogP contribution in [0.2, 0.25) is 0 Å². The third kappa shape index (κ3) is 2.27. The van der Waals surface area contributed by atoms with Crippen molar-refractivity contribution in [3.63, 3.8) is 0 Å². The van der Waals surface area contributed by atoms with E-state index in [4.69, 9.17) is 0 Å². The van der Waals surface area contributed by atoms with Gasteiger partial charge in [-0.1, -0.05) is 11.4 Å². The minimum absolute atomic E-state index is 0.0758. The van der Waals surface area contributed by atoms with Crippen LogP contribution in [0.4, 0.5) is 0 Å². The Morgan fingerprint density at radius 3 is 2.88 bits per heavy atom. The number of hydrogen-bond donors (Lipinski definition) is 1. The fourth-order valence-electron chi connectivity index (χ4n) is 1.82. The Bertz CT molecular complexity index is 487. The van der Waals surface area contributed by atoms with Crippen molar-refractivity contribution in [2.45, 2.75) is 19.4 Å². The van der Waals surface area contributed by atoms with Crippen molar-refractivity contribution < 1.29 is 0 Å². The van der Waals surface area contributed by atoms with Crippen LogP contribution in [0.15, 0.2) is 10.7 Å². The number of hydrogen-bond acceptors (Lipinski definition) is 5. The molecule has 7 heteroatoms. The van der Waals surface area contributed by atoms with Crippen molar-refractivity contribution in [2.24, 2.45) is 7.05 Å². The van der Waals surface area contributed by atoms with E-state index in [0.717, 1.165) is 27.2 Å². The van der Waals surface area contributed by atoms with Crippen molar-refractivity contribution in [1.29, 1.82) is 0 Å². The lowest BCUT2D eigenvalue weighted by atomic mass is 10.1. The van der Waals surface area contributed by atoms with E-state index >= 15 is 0 Å². The summed E-state index contributed by atoms with van der Waals surface area (Å²) in [5, 5.41) is 11.7. The summed E-state index contributed by atoms with van der Waals surface area (Å²) in [5.74, 6) is 0. The number of halogens is 1. The van der Waals surface area contributed by atoms with E-state index in [2.05, 4.69) is 42.9 Å². The normalized spacial score (nSPS) is 12.9. The molecule has 0 radical (unpaired) electrons. The zero-order valence-corrected chi connectivity index (χ0v) is 12.3. The second-order valence-corrected chi connectivity index (χ2v) is 5.30. The Morgan fingerprint density at radius 2 is 2.35 bits per heavy atom. The average Bonchev–Trinajstić information content (AvgIpc) is 2.91. The second-order valence-electron chi connectivity index (χ2n) is 3.66. The van der Waals surface area contributed by atoms with Gasteiger partial charge in [0, 0.05) is 7.05 Å². The third-order valence-corrected chi connectivity index (χ3v) is 4.12. The summed E-state index contributed by atoms with van der Waals surface area (Å²) in [5.41, 5.74) is 2.13. The first-order chi connectivity index (χ1) is 8.19. The molecule has 0 saturated heterocycles. The van der Waals surface area contributed by atoms with Crippen molar-refractivity contribution in [3.8, 4) is 0 Å². The molecule has 0 aliphatic heterocycles. The van der Waals surface area contributed by atoms with Gasteiger partial charge in [0.1, 0.15) is 0 Å². The molecule has 5 nitrogen and oxygen atoms in total. The Kier molecular flexibility index (Phi) is 3.90. The van der Waals surface area contributed by atoms with Gasteiger partial charge in [-0.15, -0.1) is 5.10 Å². The first kappa shape index (κ1) is 12.7. The highest BCUT2D eigenvalue weighted by Crippen LogP contribution is 2.31. The van der Waals surface area contributed by atoms with Gasteiger partial charge in [0.15, 0.2) is 0 Å². The van der Waals surface area contributed by atoms with Gasteiger partial charge in [-0.3, -0.25) is 4.68 Å². The number of aromatic nitrogens is 4. The van der Waals surface area contributed by atoms with Gasteiger partial charge < -0.3 is 5.32 Å². The van der Waals surface area contributed by atoms with Crippen LogP contribution in [0, 0.1) is 0 Å². The summed E-state index contributed by atoms with van der Waals surface area (Å²) in [7, 11) is 3.87. The fraction of sp³-hybridized carbons (Fsp3) is 0.500. The molecule has 0 aromatic carbocycles. The van der Waals surface area contributed by atoms with Crippen LogP contribution >= 0.6 is 27.5 Å². The summed E-state index contributed by atoms with van der Waals surface area (Å²) in [6.07, 6.45) is 2.69. The lowest BCUT2D eigenvalue weighted by molar-refractivity contribution is 0.606. The van der Waals surface area contributed by atoms with Crippen molar-refractivity contribution in [3.05, 3.63) is 26.9 Å². The Labute approximate surface area is 113 Å². The lowest BCUT2D eigenvalue weighted by Crippen LogP contribution is -2.21. The molecule has 1 atom stereocenters. The van der Waals surface area contributed by atoms with Crippen LogP contribution in [0.3, 0.4) is 0 Å². The van der Waals surface area contributed by atoms with Crippen LogP contribution in [0.1, 0.15) is 29.2 Å². The maximum Gasteiger partial charge on any atom is 0.0886 e. The predicted octanol–water partition coefficient (Wildman–Crippen LogP) is 1.91. The fourth-order valence-corrected chi connectivity index (χ4v) is 3.25. The molecule has 1 N–H and O–H groups in total. The highest BCUT2D eigenvalue weighted by molar-refractivity contribution is 9.10. The zero-order valence-electron chi connectivity index (χ0n) is 9.94.